The third-order valence-corrected chi connectivity index (χ3v) is 6.73. The number of nitrogens with one attached hydrogen (secondary N) is 2. The summed E-state index contributed by atoms with van der Waals surface area (Å²) in [5.74, 6) is -0.534. The van der Waals surface area contributed by atoms with E-state index < -0.39 is 0 Å². The lowest BCUT2D eigenvalue weighted by Gasteiger charge is -2.16. The highest BCUT2D eigenvalue weighted by Gasteiger charge is 2.34. The normalized spacial score (nSPS) is 15.6. The van der Waals surface area contributed by atoms with Gasteiger partial charge in [0.25, 0.3) is 5.91 Å². The zero-order chi connectivity index (χ0) is 24.2. The van der Waals surface area contributed by atoms with Gasteiger partial charge in [-0.2, -0.15) is 0 Å². The fraction of sp³-hybridized carbons (Fsp3) is 0.320. The van der Waals surface area contributed by atoms with Crippen LogP contribution in [0.3, 0.4) is 0 Å². The molecule has 34 heavy (non-hydrogen) atoms. The van der Waals surface area contributed by atoms with E-state index in [-0.39, 0.29) is 29.6 Å². The molecule has 4 rings (SSSR count). The summed E-state index contributed by atoms with van der Waals surface area (Å²) in [6.45, 7) is 6.27. The first-order valence-electron chi connectivity index (χ1n) is 11.3. The van der Waals surface area contributed by atoms with Crippen LogP contribution >= 0.6 is 11.3 Å². The van der Waals surface area contributed by atoms with E-state index in [1.165, 1.54) is 16.9 Å². The highest BCUT2D eigenvalue weighted by molar-refractivity contribution is 7.15. The summed E-state index contributed by atoms with van der Waals surface area (Å²) in [6, 6.07) is 14.7. The molecule has 176 valence electrons. The summed E-state index contributed by atoms with van der Waals surface area (Å²) in [5.41, 5.74) is 3.19. The van der Waals surface area contributed by atoms with E-state index in [0.717, 1.165) is 17.1 Å². The Balaban J connectivity index is 1.37. The molecule has 8 nitrogen and oxygen atoms in total. The molecule has 0 aliphatic carbocycles. The molecule has 3 amide bonds. The molecule has 0 saturated carbocycles. The van der Waals surface area contributed by atoms with Gasteiger partial charge in [0.15, 0.2) is 0 Å². The van der Waals surface area contributed by atoms with Crippen LogP contribution in [0.2, 0.25) is 0 Å². The first kappa shape index (κ1) is 23.6. The third kappa shape index (κ3) is 5.31. The lowest BCUT2D eigenvalue weighted by molar-refractivity contribution is -0.119. The monoisotopic (exact) mass is 477 g/mol. The van der Waals surface area contributed by atoms with Crippen molar-refractivity contribution in [2.45, 2.75) is 39.5 Å². The molecule has 0 spiro atoms. The Labute approximate surface area is 202 Å². The number of aryl methyl sites for hydroxylation is 1. The molecule has 2 heterocycles. The summed E-state index contributed by atoms with van der Waals surface area (Å²) in [7, 11) is 0. The van der Waals surface area contributed by atoms with Crippen LogP contribution in [0.5, 0.6) is 0 Å². The molecule has 0 bridgehead atoms. The molecule has 0 unspecified atom stereocenters. The van der Waals surface area contributed by atoms with Crippen molar-refractivity contribution in [3.8, 4) is 0 Å². The van der Waals surface area contributed by atoms with E-state index in [1.807, 2.05) is 38.1 Å². The number of amides is 3. The summed E-state index contributed by atoms with van der Waals surface area (Å²) in [6.07, 6.45) is 1.32. The second kappa shape index (κ2) is 10.1. The average Bonchev–Trinajstić information content (AvgIpc) is 3.46. The maximum Gasteiger partial charge on any atom is 0.257 e. The highest BCUT2D eigenvalue weighted by atomic mass is 32.1. The number of hydrogen-bond donors (Lipinski definition) is 2. The third-order valence-electron chi connectivity index (χ3n) is 5.73. The number of carbonyl (C=O) groups is 3. The van der Waals surface area contributed by atoms with Crippen molar-refractivity contribution in [3.05, 3.63) is 64.7 Å². The maximum absolute atomic E-state index is 12.6. The van der Waals surface area contributed by atoms with Crippen molar-refractivity contribution in [2.24, 2.45) is 5.92 Å². The van der Waals surface area contributed by atoms with E-state index in [2.05, 4.69) is 27.8 Å². The molecule has 1 aliphatic rings. The van der Waals surface area contributed by atoms with Gasteiger partial charge in [-0.25, -0.2) is 0 Å². The highest BCUT2D eigenvalue weighted by Crippen LogP contribution is 2.34. The second-order valence-electron chi connectivity index (χ2n) is 8.55. The Bertz CT molecular complexity index is 1190. The van der Waals surface area contributed by atoms with Gasteiger partial charge in [0.1, 0.15) is 5.01 Å². The fourth-order valence-corrected chi connectivity index (χ4v) is 4.47. The lowest BCUT2D eigenvalue weighted by atomic mass is 10.1. The summed E-state index contributed by atoms with van der Waals surface area (Å²) < 4.78 is 0. The van der Waals surface area contributed by atoms with E-state index >= 15 is 0 Å². The van der Waals surface area contributed by atoms with Crippen molar-refractivity contribution in [3.63, 3.8) is 0 Å². The van der Waals surface area contributed by atoms with Gasteiger partial charge in [0, 0.05) is 41.7 Å². The molecule has 2 N–H and O–H groups in total. The first-order valence-corrected chi connectivity index (χ1v) is 12.1. The Hall–Kier alpha value is -3.59. The van der Waals surface area contributed by atoms with Crippen LogP contribution in [-0.2, 0) is 16.0 Å². The molecule has 1 saturated heterocycles. The zero-order valence-electron chi connectivity index (χ0n) is 19.4. The molecule has 3 aromatic rings. The van der Waals surface area contributed by atoms with Crippen LogP contribution in [0.25, 0.3) is 0 Å². The van der Waals surface area contributed by atoms with Crippen molar-refractivity contribution >= 4 is 45.6 Å². The smallest absolute Gasteiger partial charge is 0.257 e. The van der Waals surface area contributed by atoms with Crippen molar-refractivity contribution in [2.75, 3.05) is 22.1 Å². The van der Waals surface area contributed by atoms with Crippen LogP contribution in [0, 0.1) is 5.92 Å². The van der Waals surface area contributed by atoms with Crippen LogP contribution in [0.1, 0.15) is 54.0 Å². The minimum absolute atomic E-state index is 0.0553. The van der Waals surface area contributed by atoms with Crippen molar-refractivity contribution in [1.82, 2.24) is 10.2 Å². The average molecular weight is 478 g/mol. The molecule has 9 heteroatoms. The predicted molar refractivity (Wildman–Crippen MR) is 133 cm³/mol. The number of anilines is 3. The molecular formula is C25H27N5O3S. The molecule has 1 aromatic heterocycles. The summed E-state index contributed by atoms with van der Waals surface area (Å²) >= 11 is 1.28. The van der Waals surface area contributed by atoms with Crippen LogP contribution in [-0.4, -0.2) is 34.5 Å². The minimum atomic E-state index is -0.315. The maximum atomic E-state index is 12.6. The Morgan fingerprint density at radius 1 is 1.06 bits per heavy atom. The Morgan fingerprint density at radius 2 is 1.76 bits per heavy atom. The van der Waals surface area contributed by atoms with Gasteiger partial charge in [0.05, 0.1) is 0 Å². The molecule has 1 atom stereocenters. The SMILES string of the molecule is CCc1ccc(N2C[C@H](c3nnc(NC(=O)c4ccc(NC(=O)C(C)C)cc4)s3)CC2=O)cc1. The van der Waals surface area contributed by atoms with Crippen molar-refractivity contribution < 1.29 is 14.4 Å². The first-order chi connectivity index (χ1) is 16.3. The molecule has 1 aliphatic heterocycles. The van der Waals surface area contributed by atoms with Crippen LogP contribution in [0.4, 0.5) is 16.5 Å². The number of benzene rings is 2. The number of carbonyl (C=O) groups excluding carboxylic acids is 3. The van der Waals surface area contributed by atoms with E-state index in [4.69, 9.17) is 0 Å². The Kier molecular flexibility index (Phi) is 7.02. The summed E-state index contributed by atoms with van der Waals surface area (Å²) in [4.78, 5) is 38.8. The zero-order valence-corrected chi connectivity index (χ0v) is 20.2. The Morgan fingerprint density at radius 3 is 2.41 bits per heavy atom. The number of hydrogen-bond acceptors (Lipinski definition) is 6. The number of nitrogens with zero attached hydrogens (tertiary/aromatic N) is 3. The number of rotatable bonds is 7. The fourth-order valence-electron chi connectivity index (χ4n) is 3.65. The van der Waals surface area contributed by atoms with E-state index in [0.29, 0.717) is 29.3 Å². The van der Waals surface area contributed by atoms with Gasteiger partial charge in [-0.05, 0) is 48.4 Å². The molecule has 2 aromatic carbocycles. The number of aromatic nitrogens is 2. The summed E-state index contributed by atoms with van der Waals surface area (Å²) in [5, 5.41) is 15.0. The molecular weight excluding hydrogens is 450 g/mol. The van der Waals surface area contributed by atoms with Gasteiger partial charge in [-0.3, -0.25) is 19.7 Å². The van der Waals surface area contributed by atoms with Gasteiger partial charge in [0.2, 0.25) is 16.9 Å². The standard InChI is InChI=1S/C25H27N5O3S/c1-4-16-5-11-20(12-6-16)30-14-18(13-21(30)31)24-28-29-25(34-24)27-23(33)17-7-9-19(10-8-17)26-22(32)15(2)3/h5-12,15,18H,4,13-14H2,1-3H3,(H,26,32)(H,27,29,33)/t18-/m1/s1. The lowest BCUT2D eigenvalue weighted by Crippen LogP contribution is -2.24. The van der Waals surface area contributed by atoms with Gasteiger partial charge in [-0.15, -0.1) is 10.2 Å². The van der Waals surface area contributed by atoms with Gasteiger partial charge < -0.3 is 10.2 Å². The van der Waals surface area contributed by atoms with Gasteiger partial charge in [-0.1, -0.05) is 44.2 Å². The van der Waals surface area contributed by atoms with Crippen molar-refractivity contribution in [1.29, 1.82) is 0 Å². The van der Waals surface area contributed by atoms with Crippen LogP contribution in [0.15, 0.2) is 48.5 Å². The topological polar surface area (TPSA) is 104 Å². The van der Waals surface area contributed by atoms with Crippen LogP contribution < -0.4 is 15.5 Å². The predicted octanol–water partition coefficient (Wildman–Crippen LogP) is 4.47. The molecule has 1 fully saturated rings. The molecule has 0 radical (unpaired) electrons. The minimum Gasteiger partial charge on any atom is -0.326 e. The van der Waals surface area contributed by atoms with E-state index in [9.17, 15) is 14.4 Å². The largest absolute Gasteiger partial charge is 0.326 e. The second-order valence-corrected chi connectivity index (χ2v) is 9.56. The van der Waals surface area contributed by atoms with Gasteiger partial charge >= 0.3 is 0 Å². The quantitative estimate of drug-likeness (QED) is 0.523. The van der Waals surface area contributed by atoms with E-state index in [1.54, 1.807) is 29.2 Å².